The summed E-state index contributed by atoms with van der Waals surface area (Å²) in [5.74, 6) is -0.247. The van der Waals surface area contributed by atoms with Crippen molar-refractivity contribution in [3.05, 3.63) is 0 Å². The zero-order chi connectivity index (χ0) is 15.3. The van der Waals surface area contributed by atoms with Crippen molar-refractivity contribution in [2.24, 2.45) is 17.1 Å². The second-order valence-electron chi connectivity index (χ2n) is 7.09. The Hall–Kier alpha value is -1.14. The third-order valence-electron chi connectivity index (χ3n) is 5.67. The number of nitrogens with two attached hydrogens (primary N) is 1. The van der Waals surface area contributed by atoms with Crippen LogP contribution in [0, 0.1) is 11.3 Å². The average Bonchev–Trinajstić information content (AvgIpc) is 2.84. The molecule has 6 nitrogen and oxygen atoms in total. The van der Waals surface area contributed by atoms with Crippen molar-refractivity contribution in [1.82, 2.24) is 10.6 Å². The molecule has 3 fully saturated rings. The standard InChI is InChI=1S/C15H25N3O3/c1-14(2)11-9(6-8-21-11)15(14,16)13(20)18-10-5-3-4-7-17-12(10)19/h9-11H,3-8,16H2,1-2H3,(H,17,19)(H,18,20). The van der Waals surface area contributed by atoms with Gasteiger partial charge in [-0.2, -0.15) is 0 Å². The van der Waals surface area contributed by atoms with Crippen molar-refractivity contribution in [2.45, 2.75) is 57.2 Å². The highest BCUT2D eigenvalue weighted by Gasteiger charge is 2.71. The lowest BCUT2D eigenvalue weighted by Gasteiger charge is -2.60. The summed E-state index contributed by atoms with van der Waals surface area (Å²) in [6.07, 6.45) is 3.43. The van der Waals surface area contributed by atoms with Crippen LogP contribution in [0.2, 0.25) is 0 Å². The van der Waals surface area contributed by atoms with Crippen molar-refractivity contribution >= 4 is 11.8 Å². The summed E-state index contributed by atoms with van der Waals surface area (Å²) in [5, 5.41) is 5.72. The Morgan fingerprint density at radius 1 is 1.38 bits per heavy atom. The monoisotopic (exact) mass is 295 g/mol. The lowest BCUT2D eigenvalue weighted by molar-refractivity contribution is -0.176. The minimum Gasteiger partial charge on any atom is -0.377 e. The topological polar surface area (TPSA) is 93.4 Å². The van der Waals surface area contributed by atoms with E-state index in [4.69, 9.17) is 10.5 Å². The minimum absolute atomic E-state index is 0.0520. The van der Waals surface area contributed by atoms with Crippen LogP contribution in [-0.4, -0.2) is 42.7 Å². The fourth-order valence-corrected chi connectivity index (χ4v) is 4.20. The van der Waals surface area contributed by atoms with E-state index in [2.05, 4.69) is 10.6 Å². The van der Waals surface area contributed by atoms with E-state index in [9.17, 15) is 9.59 Å². The molecule has 0 bridgehead atoms. The Balaban J connectivity index is 1.74. The largest absolute Gasteiger partial charge is 0.377 e. The van der Waals surface area contributed by atoms with Crippen molar-refractivity contribution in [1.29, 1.82) is 0 Å². The number of hydrogen-bond acceptors (Lipinski definition) is 4. The Kier molecular flexibility index (Phi) is 3.48. The van der Waals surface area contributed by atoms with Gasteiger partial charge in [-0.3, -0.25) is 9.59 Å². The molecule has 3 rings (SSSR count). The summed E-state index contributed by atoms with van der Waals surface area (Å²) < 4.78 is 5.70. The van der Waals surface area contributed by atoms with Gasteiger partial charge in [0.2, 0.25) is 11.8 Å². The van der Waals surface area contributed by atoms with Crippen LogP contribution in [0.4, 0.5) is 0 Å². The van der Waals surface area contributed by atoms with Crippen molar-refractivity contribution < 1.29 is 14.3 Å². The quantitative estimate of drug-likeness (QED) is 0.664. The second kappa shape index (κ2) is 4.95. The maximum absolute atomic E-state index is 12.8. The number of fused-ring (bicyclic) bond motifs is 1. The van der Waals surface area contributed by atoms with E-state index in [1.165, 1.54) is 0 Å². The molecule has 2 amide bonds. The molecule has 0 radical (unpaired) electrons. The Bertz CT molecular complexity index is 465. The number of carbonyl (C=O) groups excluding carboxylic acids is 2. The fraction of sp³-hybridized carbons (Fsp3) is 0.867. The van der Waals surface area contributed by atoms with Gasteiger partial charge in [-0.15, -0.1) is 0 Å². The van der Waals surface area contributed by atoms with Gasteiger partial charge in [-0.05, 0) is 25.7 Å². The predicted octanol–water partition coefficient (Wildman–Crippen LogP) is -0.0863. The summed E-state index contributed by atoms with van der Waals surface area (Å²) in [6.45, 7) is 5.30. The van der Waals surface area contributed by atoms with Gasteiger partial charge in [-0.25, -0.2) is 0 Å². The first kappa shape index (κ1) is 14.8. The Morgan fingerprint density at radius 3 is 2.90 bits per heavy atom. The molecule has 2 heterocycles. The van der Waals surface area contributed by atoms with E-state index >= 15 is 0 Å². The van der Waals surface area contributed by atoms with Gasteiger partial charge in [0, 0.05) is 24.5 Å². The van der Waals surface area contributed by atoms with Gasteiger partial charge in [-0.1, -0.05) is 13.8 Å². The zero-order valence-corrected chi connectivity index (χ0v) is 12.8. The predicted molar refractivity (Wildman–Crippen MR) is 77.3 cm³/mol. The maximum Gasteiger partial charge on any atom is 0.242 e. The molecule has 1 aliphatic carbocycles. The van der Waals surface area contributed by atoms with E-state index in [-0.39, 0.29) is 23.8 Å². The van der Waals surface area contributed by atoms with Crippen LogP contribution in [0.15, 0.2) is 0 Å². The van der Waals surface area contributed by atoms with Crippen LogP contribution < -0.4 is 16.4 Å². The van der Waals surface area contributed by atoms with Crippen molar-refractivity contribution in [3.63, 3.8) is 0 Å². The van der Waals surface area contributed by atoms with Gasteiger partial charge in [0.1, 0.15) is 11.6 Å². The van der Waals surface area contributed by atoms with Crippen molar-refractivity contribution in [2.75, 3.05) is 13.2 Å². The first-order valence-electron chi connectivity index (χ1n) is 7.88. The van der Waals surface area contributed by atoms with Gasteiger partial charge < -0.3 is 21.1 Å². The molecule has 0 spiro atoms. The summed E-state index contributed by atoms with van der Waals surface area (Å²) >= 11 is 0. The molecule has 0 aromatic heterocycles. The molecule has 1 saturated carbocycles. The number of amides is 2. The zero-order valence-electron chi connectivity index (χ0n) is 12.8. The van der Waals surface area contributed by atoms with Gasteiger partial charge in [0.05, 0.1) is 6.10 Å². The molecule has 2 saturated heterocycles. The molecule has 21 heavy (non-hydrogen) atoms. The number of ether oxygens (including phenoxy) is 1. The van der Waals surface area contributed by atoms with E-state index < -0.39 is 17.0 Å². The SMILES string of the molecule is CC1(C)C2OCCC2C1(N)C(=O)NC1CCCCNC1=O. The Morgan fingerprint density at radius 2 is 2.14 bits per heavy atom. The highest BCUT2D eigenvalue weighted by Crippen LogP contribution is 2.58. The average molecular weight is 295 g/mol. The number of nitrogens with one attached hydrogen (secondary N) is 2. The lowest BCUT2D eigenvalue weighted by atomic mass is 9.48. The first-order chi connectivity index (χ1) is 9.89. The molecule has 4 atom stereocenters. The molecule has 4 N–H and O–H groups in total. The summed E-state index contributed by atoms with van der Waals surface area (Å²) in [5.41, 5.74) is 5.14. The van der Waals surface area contributed by atoms with Crippen molar-refractivity contribution in [3.8, 4) is 0 Å². The molecule has 4 unspecified atom stereocenters. The van der Waals surface area contributed by atoms with Crippen LogP contribution >= 0.6 is 0 Å². The normalized spacial score (nSPS) is 41.5. The van der Waals surface area contributed by atoms with E-state index in [1.807, 2.05) is 13.8 Å². The third kappa shape index (κ3) is 1.99. The highest BCUT2D eigenvalue weighted by atomic mass is 16.5. The molecular formula is C15H25N3O3. The van der Waals surface area contributed by atoms with Crippen LogP contribution in [0.3, 0.4) is 0 Å². The van der Waals surface area contributed by atoms with Crippen LogP contribution in [-0.2, 0) is 14.3 Å². The van der Waals surface area contributed by atoms with Gasteiger partial charge in [0.15, 0.2) is 0 Å². The molecule has 118 valence electrons. The molecule has 3 aliphatic rings. The highest BCUT2D eigenvalue weighted by molar-refractivity contribution is 5.94. The van der Waals surface area contributed by atoms with Crippen LogP contribution in [0.25, 0.3) is 0 Å². The first-order valence-corrected chi connectivity index (χ1v) is 7.88. The maximum atomic E-state index is 12.8. The molecular weight excluding hydrogens is 270 g/mol. The number of carbonyl (C=O) groups is 2. The van der Waals surface area contributed by atoms with E-state index in [0.717, 1.165) is 19.3 Å². The minimum atomic E-state index is -0.944. The summed E-state index contributed by atoms with van der Waals surface area (Å²) in [6, 6.07) is -0.461. The van der Waals surface area contributed by atoms with Crippen LogP contribution in [0.1, 0.15) is 39.5 Å². The number of rotatable bonds is 2. The fourth-order valence-electron chi connectivity index (χ4n) is 4.20. The summed E-state index contributed by atoms with van der Waals surface area (Å²) in [7, 11) is 0. The van der Waals surface area contributed by atoms with E-state index in [1.54, 1.807) is 0 Å². The third-order valence-corrected chi connectivity index (χ3v) is 5.67. The molecule has 0 aromatic rings. The molecule has 0 aromatic carbocycles. The molecule has 6 heteroatoms. The smallest absolute Gasteiger partial charge is 0.242 e. The van der Waals surface area contributed by atoms with E-state index in [0.29, 0.717) is 19.6 Å². The second-order valence-corrected chi connectivity index (χ2v) is 7.09. The lowest BCUT2D eigenvalue weighted by Crippen LogP contribution is -2.80. The van der Waals surface area contributed by atoms with Gasteiger partial charge in [0.25, 0.3) is 0 Å². The number of hydrogen-bond donors (Lipinski definition) is 3. The Labute approximate surface area is 125 Å². The van der Waals surface area contributed by atoms with Crippen LogP contribution in [0.5, 0.6) is 0 Å². The van der Waals surface area contributed by atoms with Gasteiger partial charge >= 0.3 is 0 Å². The molecule has 2 aliphatic heterocycles. The summed E-state index contributed by atoms with van der Waals surface area (Å²) in [4.78, 5) is 24.7.